The summed E-state index contributed by atoms with van der Waals surface area (Å²) in [5.41, 5.74) is 0.687. The number of ketones is 1. The van der Waals surface area contributed by atoms with Crippen molar-refractivity contribution in [2.75, 3.05) is 6.61 Å². The van der Waals surface area contributed by atoms with Gasteiger partial charge in [0.05, 0.1) is 11.1 Å². The van der Waals surface area contributed by atoms with E-state index in [1.54, 1.807) is 30.4 Å². The van der Waals surface area contributed by atoms with Crippen LogP contribution in [0, 0.1) is 0 Å². The number of carbonyl (C=O) groups is 1. The molecular formula is C14H13BrO2S. The molecular weight excluding hydrogens is 312 g/mol. The van der Waals surface area contributed by atoms with Crippen molar-refractivity contribution >= 4 is 33.0 Å². The van der Waals surface area contributed by atoms with Gasteiger partial charge in [-0.3, -0.25) is 4.79 Å². The first-order valence-corrected chi connectivity index (χ1v) is 7.30. The molecule has 4 heteroatoms. The summed E-state index contributed by atoms with van der Waals surface area (Å²) in [6.45, 7) is 2.19. The number of carbonyl (C=O) groups excluding carboxylic acids is 1. The van der Waals surface area contributed by atoms with Gasteiger partial charge in [0.1, 0.15) is 5.75 Å². The van der Waals surface area contributed by atoms with Crippen molar-refractivity contribution < 1.29 is 9.53 Å². The van der Waals surface area contributed by atoms with E-state index in [9.17, 15) is 4.79 Å². The van der Waals surface area contributed by atoms with Gasteiger partial charge in [-0.25, -0.2) is 0 Å². The Labute approximate surface area is 119 Å². The number of rotatable bonds is 5. The summed E-state index contributed by atoms with van der Waals surface area (Å²) < 4.78 is 6.51. The average Bonchev–Trinajstić information content (AvgIpc) is 2.84. The normalized spacial score (nSPS) is 10.3. The highest BCUT2D eigenvalue weighted by molar-refractivity contribution is 9.10. The molecule has 0 spiro atoms. The van der Waals surface area contributed by atoms with Gasteiger partial charge in [-0.15, -0.1) is 11.3 Å². The van der Waals surface area contributed by atoms with Gasteiger partial charge in [0.25, 0.3) is 0 Å². The number of thiophene rings is 1. The molecule has 0 aliphatic heterocycles. The van der Waals surface area contributed by atoms with Gasteiger partial charge < -0.3 is 4.74 Å². The number of ether oxygens (including phenoxy) is 1. The number of hydrogen-bond acceptors (Lipinski definition) is 3. The third-order valence-corrected chi connectivity index (χ3v) is 4.08. The zero-order valence-electron chi connectivity index (χ0n) is 9.98. The summed E-state index contributed by atoms with van der Waals surface area (Å²) in [5, 5.41) is 2.06. The summed E-state index contributed by atoms with van der Waals surface area (Å²) in [6, 6.07) is 9.55. The minimum atomic E-state index is 0.0563. The maximum atomic E-state index is 11.2. The van der Waals surface area contributed by atoms with E-state index in [2.05, 4.69) is 27.4 Å². The number of Topliss-reactive ketones (excluding diaryl/α,β-unsaturated/α-hetero) is 1. The van der Waals surface area contributed by atoms with Crippen molar-refractivity contribution in [2.24, 2.45) is 0 Å². The van der Waals surface area contributed by atoms with E-state index in [1.807, 2.05) is 12.1 Å². The Hall–Kier alpha value is -1.13. The molecule has 1 heterocycles. The number of halogens is 1. The molecule has 0 saturated heterocycles. The summed E-state index contributed by atoms with van der Waals surface area (Å²) in [7, 11) is 0. The quantitative estimate of drug-likeness (QED) is 0.765. The average molecular weight is 325 g/mol. The highest BCUT2D eigenvalue weighted by Crippen LogP contribution is 2.26. The second kappa shape index (κ2) is 6.16. The summed E-state index contributed by atoms with van der Waals surface area (Å²) in [4.78, 5) is 12.5. The Bertz CT molecular complexity index is 535. The van der Waals surface area contributed by atoms with E-state index in [-0.39, 0.29) is 5.78 Å². The number of hydrogen-bond donors (Lipinski definition) is 0. The zero-order valence-corrected chi connectivity index (χ0v) is 12.4. The Morgan fingerprint density at radius 3 is 2.83 bits per heavy atom. The lowest BCUT2D eigenvalue weighted by Gasteiger charge is -2.08. The Morgan fingerprint density at radius 1 is 1.39 bits per heavy atom. The van der Waals surface area contributed by atoms with Gasteiger partial charge >= 0.3 is 0 Å². The number of benzene rings is 1. The van der Waals surface area contributed by atoms with Crippen LogP contribution in [0.1, 0.15) is 22.2 Å². The van der Waals surface area contributed by atoms with E-state index in [0.717, 1.165) is 16.6 Å². The minimum Gasteiger partial charge on any atom is -0.492 e. The van der Waals surface area contributed by atoms with Crippen molar-refractivity contribution in [1.29, 1.82) is 0 Å². The summed E-state index contributed by atoms with van der Waals surface area (Å²) >= 11 is 5.15. The highest BCUT2D eigenvalue weighted by atomic mass is 79.9. The minimum absolute atomic E-state index is 0.0563. The SMILES string of the molecule is CC(=O)c1ccc(OCCc2cccs2)c(Br)c1. The van der Waals surface area contributed by atoms with Crippen LogP contribution in [0.15, 0.2) is 40.2 Å². The van der Waals surface area contributed by atoms with Crippen molar-refractivity contribution in [3.63, 3.8) is 0 Å². The first-order valence-electron chi connectivity index (χ1n) is 5.62. The molecule has 1 aromatic heterocycles. The smallest absolute Gasteiger partial charge is 0.159 e. The molecule has 0 bridgehead atoms. The van der Waals surface area contributed by atoms with Crippen LogP contribution in [-0.2, 0) is 6.42 Å². The standard InChI is InChI=1S/C14H13BrO2S/c1-10(16)11-4-5-14(13(15)9-11)17-7-6-12-3-2-8-18-12/h2-5,8-9H,6-7H2,1H3. The fourth-order valence-electron chi connectivity index (χ4n) is 1.55. The molecule has 1 aromatic carbocycles. The maximum absolute atomic E-state index is 11.2. The molecule has 0 saturated carbocycles. The summed E-state index contributed by atoms with van der Waals surface area (Å²) in [5.74, 6) is 0.831. The van der Waals surface area contributed by atoms with Crippen LogP contribution in [0.3, 0.4) is 0 Å². The van der Waals surface area contributed by atoms with Crippen LogP contribution in [0.2, 0.25) is 0 Å². The lowest BCUT2D eigenvalue weighted by Crippen LogP contribution is -2.01. The van der Waals surface area contributed by atoms with Gasteiger partial charge in [0, 0.05) is 16.9 Å². The van der Waals surface area contributed by atoms with Crippen molar-refractivity contribution in [3.8, 4) is 5.75 Å². The van der Waals surface area contributed by atoms with Crippen LogP contribution in [0.5, 0.6) is 5.75 Å². The monoisotopic (exact) mass is 324 g/mol. The van der Waals surface area contributed by atoms with Crippen molar-refractivity contribution in [3.05, 3.63) is 50.6 Å². The Balaban J connectivity index is 1.95. The van der Waals surface area contributed by atoms with Crippen LogP contribution in [-0.4, -0.2) is 12.4 Å². The lowest BCUT2D eigenvalue weighted by molar-refractivity contribution is 0.101. The predicted octanol–water partition coefficient (Wildman–Crippen LogP) is 4.33. The molecule has 0 unspecified atom stereocenters. The summed E-state index contributed by atoms with van der Waals surface area (Å²) in [6.07, 6.45) is 0.901. The van der Waals surface area contributed by atoms with E-state index in [1.165, 1.54) is 4.88 Å². The maximum Gasteiger partial charge on any atom is 0.159 e. The van der Waals surface area contributed by atoms with E-state index < -0.39 is 0 Å². The second-order valence-corrected chi connectivity index (χ2v) is 5.77. The first kappa shape index (κ1) is 13.3. The molecule has 2 aromatic rings. The van der Waals surface area contributed by atoms with Gasteiger partial charge in [0.2, 0.25) is 0 Å². The predicted molar refractivity (Wildman–Crippen MR) is 77.7 cm³/mol. The Morgan fingerprint density at radius 2 is 2.22 bits per heavy atom. The molecule has 0 aliphatic carbocycles. The van der Waals surface area contributed by atoms with Crippen LogP contribution < -0.4 is 4.74 Å². The molecule has 0 N–H and O–H groups in total. The molecule has 2 rings (SSSR count). The van der Waals surface area contributed by atoms with Crippen LogP contribution >= 0.6 is 27.3 Å². The topological polar surface area (TPSA) is 26.3 Å². The lowest BCUT2D eigenvalue weighted by atomic mass is 10.1. The molecule has 0 fully saturated rings. The third-order valence-electron chi connectivity index (χ3n) is 2.52. The molecule has 0 amide bonds. The third kappa shape index (κ3) is 3.43. The molecule has 0 atom stereocenters. The van der Waals surface area contributed by atoms with Gasteiger partial charge in [-0.1, -0.05) is 6.07 Å². The van der Waals surface area contributed by atoms with Crippen LogP contribution in [0.25, 0.3) is 0 Å². The molecule has 94 valence electrons. The molecule has 2 nitrogen and oxygen atoms in total. The highest BCUT2D eigenvalue weighted by Gasteiger charge is 2.05. The largest absolute Gasteiger partial charge is 0.492 e. The van der Waals surface area contributed by atoms with Crippen molar-refractivity contribution in [1.82, 2.24) is 0 Å². The van der Waals surface area contributed by atoms with Crippen molar-refractivity contribution in [2.45, 2.75) is 13.3 Å². The van der Waals surface area contributed by atoms with E-state index in [0.29, 0.717) is 12.2 Å². The molecule has 18 heavy (non-hydrogen) atoms. The first-order chi connectivity index (χ1) is 8.66. The van der Waals surface area contributed by atoms with E-state index >= 15 is 0 Å². The van der Waals surface area contributed by atoms with Gasteiger partial charge in [-0.05, 0) is 52.5 Å². The fraction of sp³-hybridized carbons (Fsp3) is 0.214. The Kier molecular flexibility index (Phi) is 4.55. The van der Waals surface area contributed by atoms with Gasteiger partial charge in [-0.2, -0.15) is 0 Å². The molecule has 0 radical (unpaired) electrons. The van der Waals surface area contributed by atoms with Crippen LogP contribution in [0.4, 0.5) is 0 Å². The molecule has 0 aliphatic rings. The fourth-order valence-corrected chi connectivity index (χ4v) is 2.74. The van der Waals surface area contributed by atoms with E-state index in [4.69, 9.17) is 4.74 Å². The second-order valence-electron chi connectivity index (χ2n) is 3.88. The zero-order chi connectivity index (χ0) is 13.0. The van der Waals surface area contributed by atoms with Gasteiger partial charge in [0.15, 0.2) is 5.78 Å².